The number of carbonyl (C=O) groups excluding carboxylic acids is 1. The molecule has 8 heteroatoms. The molecule has 7 nitrogen and oxygen atoms in total. The first-order chi connectivity index (χ1) is 13.5. The van der Waals surface area contributed by atoms with Crippen molar-refractivity contribution < 1.29 is 19.4 Å². The maximum Gasteiger partial charge on any atom is 0.407 e. The van der Waals surface area contributed by atoms with Gasteiger partial charge in [-0.15, -0.1) is 11.3 Å². The lowest BCUT2D eigenvalue weighted by atomic mass is 10.0. The van der Waals surface area contributed by atoms with Crippen molar-refractivity contribution in [1.82, 2.24) is 4.90 Å². The zero-order valence-electron chi connectivity index (χ0n) is 15.5. The Morgan fingerprint density at radius 3 is 2.89 bits per heavy atom. The molecular formula is C20H21N3O4S. The largest absolute Gasteiger partial charge is 0.494 e. The molecule has 1 aliphatic heterocycles. The summed E-state index contributed by atoms with van der Waals surface area (Å²) in [6.07, 6.45) is 0.301. The van der Waals surface area contributed by atoms with Gasteiger partial charge in [0.2, 0.25) is 5.91 Å². The molecule has 2 heterocycles. The molecule has 2 N–H and O–H groups in total. The molecule has 0 fully saturated rings. The summed E-state index contributed by atoms with van der Waals surface area (Å²) in [7, 11) is 0. The number of nitrogens with one attached hydrogen (secondary N) is 1. The third-order valence-corrected chi connectivity index (χ3v) is 5.72. The fraction of sp³-hybridized carbons (Fsp3) is 0.350. The van der Waals surface area contributed by atoms with Crippen LogP contribution in [0.25, 0.3) is 0 Å². The van der Waals surface area contributed by atoms with Crippen LogP contribution < -0.4 is 10.1 Å². The van der Waals surface area contributed by atoms with Crippen molar-refractivity contribution >= 4 is 28.3 Å². The number of ether oxygens (including phenoxy) is 1. The van der Waals surface area contributed by atoms with Crippen molar-refractivity contribution in [2.45, 2.75) is 32.7 Å². The minimum absolute atomic E-state index is 0.184. The number of para-hydroxylation sites is 1. The summed E-state index contributed by atoms with van der Waals surface area (Å²) in [6, 6.07) is 9.78. The molecule has 0 atom stereocenters. The number of carboxylic acid groups (broad SMARTS) is 1. The van der Waals surface area contributed by atoms with Crippen LogP contribution in [-0.2, 0) is 24.2 Å². The van der Waals surface area contributed by atoms with Crippen molar-refractivity contribution in [2.24, 2.45) is 0 Å². The fourth-order valence-electron chi connectivity index (χ4n) is 3.22. The zero-order chi connectivity index (χ0) is 20.1. The van der Waals surface area contributed by atoms with Crippen molar-refractivity contribution in [3.8, 4) is 11.8 Å². The van der Waals surface area contributed by atoms with E-state index in [1.807, 2.05) is 31.2 Å². The Hall–Kier alpha value is -3.05. The van der Waals surface area contributed by atoms with E-state index < -0.39 is 6.09 Å². The molecule has 1 aliphatic rings. The molecule has 3 rings (SSSR count). The molecule has 0 saturated heterocycles. The van der Waals surface area contributed by atoms with Gasteiger partial charge in [0.25, 0.3) is 0 Å². The molecule has 0 unspecified atom stereocenters. The van der Waals surface area contributed by atoms with Crippen molar-refractivity contribution in [2.75, 3.05) is 18.5 Å². The molecule has 1 aromatic carbocycles. The Labute approximate surface area is 167 Å². The first-order valence-electron chi connectivity index (χ1n) is 9.06. The van der Waals surface area contributed by atoms with Gasteiger partial charge in [-0.1, -0.05) is 18.2 Å². The van der Waals surface area contributed by atoms with E-state index in [4.69, 9.17) is 9.84 Å². The van der Waals surface area contributed by atoms with Crippen molar-refractivity contribution in [1.29, 1.82) is 5.26 Å². The number of aryl methyl sites for hydroxylation is 1. The summed E-state index contributed by atoms with van der Waals surface area (Å²) in [4.78, 5) is 25.8. The maximum atomic E-state index is 12.4. The molecular weight excluding hydrogens is 378 g/mol. The Kier molecular flexibility index (Phi) is 6.16. The van der Waals surface area contributed by atoms with Crippen LogP contribution in [-0.4, -0.2) is 35.2 Å². The first kappa shape index (κ1) is 19.7. The lowest BCUT2D eigenvalue weighted by molar-refractivity contribution is -0.116. The van der Waals surface area contributed by atoms with Crippen LogP contribution in [0.15, 0.2) is 24.3 Å². The van der Waals surface area contributed by atoms with E-state index in [-0.39, 0.29) is 18.9 Å². The Morgan fingerprint density at radius 2 is 2.18 bits per heavy atom. The topological polar surface area (TPSA) is 103 Å². The van der Waals surface area contributed by atoms with Gasteiger partial charge < -0.3 is 20.1 Å². The first-order valence-corrected chi connectivity index (χ1v) is 9.88. The molecule has 2 amide bonds. The number of rotatable bonds is 6. The van der Waals surface area contributed by atoms with E-state index >= 15 is 0 Å². The number of fused-ring (bicyclic) bond motifs is 1. The molecule has 0 saturated carbocycles. The minimum atomic E-state index is -0.976. The quantitative estimate of drug-likeness (QED) is 0.772. The zero-order valence-corrected chi connectivity index (χ0v) is 16.3. The highest BCUT2D eigenvalue weighted by atomic mass is 32.1. The van der Waals surface area contributed by atoms with Crippen LogP contribution in [0.3, 0.4) is 0 Å². The van der Waals surface area contributed by atoms with Gasteiger partial charge in [0.15, 0.2) is 0 Å². The Morgan fingerprint density at radius 1 is 1.39 bits per heavy atom. The Balaban J connectivity index is 1.68. The normalized spacial score (nSPS) is 12.8. The van der Waals surface area contributed by atoms with E-state index in [0.29, 0.717) is 36.6 Å². The number of hydrogen-bond acceptors (Lipinski definition) is 5. The summed E-state index contributed by atoms with van der Waals surface area (Å²) in [5.74, 6) is 0.590. The van der Waals surface area contributed by atoms with Gasteiger partial charge in [-0.05, 0) is 37.0 Å². The number of amides is 2. The molecule has 28 heavy (non-hydrogen) atoms. The number of nitrogens with zero attached hydrogens (tertiary/aromatic N) is 2. The number of anilines is 1. The molecule has 1 aromatic heterocycles. The number of carbonyl (C=O) groups is 2. The van der Waals surface area contributed by atoms with E-state index in [0.717, 1.165) is 21.8 Å². The van der Waals surface area contributed by atoms with E-state index in [1.54, 1.807) is 0 Å². The second kappa shape index (κ2) is 8.76. The van der Waals surface area contributed by atoms with Gasteiger partial charge in [-0.3, -0.25) is 4.79 Å². The van der Waals surface area contributed by atoms with Crippen LogP contribution >= 0.6 is 11.3 Å². The number of thiophene rings is 1. The highest BCUT2D eigenvalue weighted by molar-refractivity contribution is 7.16. The van der Waals surface area contributed by atoms with E-state index in [1.165, 1.54) is 16.2 Å². The van der Waals surface area contributed by atoms with E-state index in [2.05, 4.69) is 11.4 Å². The summed E-state index contributed by atoms with van der Waals surface area (Å²) in [5.41, 5.74) is 2.26. The van der Waals surface area contributed by atoms with Crippen LogP contribution in [0.1, 0.15) is 34.9 Å². The molecule has 0 bridgehead atoms. The number of benzene rings is 1. The number of nitriles is 1. The van der Waals surface area contributed by atoms with Crippen LogP contribution in [0.4, 0.5) is 9.80 Å². The lowest BCUT2D eigenvalue weighted by Crippen LogP contribution is -2.34. The predicted octanol–water partition coefficient (Wildman–Crippen LogP) is 3.63. The second-order valence-electron chi connectivity index (χ2n) is 6.36. The highest BCUT2D eigenvalue weighted by Gasteiger charge is 2.27. The highest BCUT2D eigenvalue weighted by Crippen LogP contribution is 2.36. The predicted molar refractivity (Wildman–Crippen MR) is 106 cm³/mol. The minimum Gasteiger partial charge on any atom is -0.494 e. The SMILES string of the molecule is CCOc1ccccc1CCC(=O)Nc1sc2c(c1C#N)CCN(C(=O)O)C2. The smallest absolute Gasteiger partial charge is 0.407 e. The summed E-state index contributed by atoms with van der Waals surface area (Å²) in [6.45, 7) is 3.08. The number of hydrogen-bond donors (Lipinski definition) is 2. The summed E-state index contributed by atoms with van der Waals surface area (Å²) >= 11 is 1.28. The van der Waals surface area contributed by atoms with Crippen molar-refractivity contribution in [3.05, 3.63) is 45.8 Å². The molecule has 0 radical (unpaired) electrons. The van der Waals surface area contributed by atoms with Gasteiger partial charge in [0, 0.05) is 17.8 Å². The van der Waals surface area contributed by atoms with Crippen LogP contribution in [0.5, 0.6) is 5.75 Å². The molecule has 0 aliphatic carbocycles. The fourth-order valence-corrected chi connectivity index (χ4v) is 4.45. The molecule has 2 aromatic rings. The van der Waals surface area contributed by atoms with Gasteiger partial charge in [0.05, 0.1) is 18.7 Å². The maximum absolute atomic E-state index is 12.4. The Bertz CT molecular complexity index is 932. The van der Waals surface area contributed by atoms with Gasteiger partial charge in [0.1, 0.15) is 16.8 Å². The average Bonchev–Trinajstić information content (AvgIpc) is 3.03. The van der Waals surface area contributed by atoms with Crippen molar-refractivity contribution in [3.63, 3.8) is 0 Å². The lowest BCUT2D eigenvalue weighted by Gasteiger charge is -2.23. The van der Waals surface area contributed by atoms with E-state index in [9.17, 15) is 14.9 Å². The summed E-state index contributed by atoms with van der Waals surface area (Å²) < 4.78 is 5.58. The van der Waals surface area contributed by atoms with Gasteiger partial charge >= 0.3 is 6.09 Å². The average molecular weight is 399 g/mol. The molecule has 146 valence electrons. The second-order valence-corrected chi connectivity index (χ2v) is 7.47. The van der Waals surface area contributed by atoms with Crippen LogP contribution in [0.2, 0.25) is 0 Å². The van der Waals surface area contributed by atoms with Gasteiger partial charge in [-0.25, -0.2) is 4.79 Å². The molecule has 0 spiro atoms. The van der Waals surface area contributed by atoms with Gasteiger partial charge in [-0.2, -0.15) is 5.26 Å². The third kappa shape index (κ3) is 4.26. The monoisotopic (exact) mass is 399 g/mol. The van der Waals surface area contributed by atoms with Crippen LogP contribution in [0, 0.1) is 11.3 Å². The summed E-state index contributed by atoms with van der Waals surface area (Å²) in [5, 5.41) is 22.0. The standard InChI is InChI=1S/C20H21N3O4S/c1-2-27-16-6-4-3-5-13(16)7-8-18(24)22-19-15(11-21)14-9-10-23(20(25)26)12-17(14)28-19/h3-6H,2,7-10,12H2,1H3,(H,22,24)(H,25,26). The third-order valence-electron chi connectivity index (χ3n) is 4.59.